The van der Waals surface area contributed by atoms with E-state index in [1.165, 1.54) is 61.2 Å². The van der Waals surface area contributed by atoms with Crippen molar-refractivity contribution in [2.45, 2.75) is 37.5 Å². The lowest BCUT2D eigenvalue weighted by atomic mass is 9.71. The summed E-state index contributed by atoms with van der Waals surface area (Å²) in [7, 11) is 0. The average Bonchev–Trinajstić information content (AvgIpc) is 3.76. The maximum atomic E-state index is 4.75. The van der Waals surface area contributed by atoms with Gasteiger partial charge in [-0.1, -0.05) is 221 Å². The molecule has 0 bridgehead atoms. The molecule has 0 saturated heterocycles. The van der Waals surface area contributed by atoms with Gasteiger partial charge in [0.15, 0.2) is 0 Å². The highest BCUT2D eigenvalue weighted by Gasteiger charge is 2.40. The van der Waals surface area contributed by atoms with Gasteiger partial charge >= 0.3 is 0 Å². The van der Waals surface area contributed by atoms with Crippen LogP contribution in [0, 0.1) is 11.8 Å². The molecular formula is C60H53N. The van der Waals surface area contributed by atoms with Crippen LogP contribution in [0.3, 0.4) is 0 Å². The first-order chi connectivity index (χ1) is 29.9. The first-order valence-electron chi connectivity index (χ1n) is 21.6. The summed E-state index contributed by atoms with van der Waals surface area (Å²) >= 11 is 0. The van der Waals surface area contributed by atoms with Crippen LogP contribution < -0.4 is 4.90 Å². The van der Waals surface area contributed by atoms with Crippen molar-refractivity contribution < 1.29 is 0 Å². The quantitative estimate of drug-likeness (QED) is 0.0952. The minimum atomic E-state index is -0.422. The fourth-order valence-corrected chi connectivity index (χ4v) is 9.75. The second-order valence-electron chi connectivity index (χ2n) is 16.9. The fraction of sp³-hybridized carbons (Fsp3) is 0.133. The van der Waals surface area contributed by atoms with Crippen molar-refractivity contribution in [1.29, 1.82) is 0 Å². The van der Waals surface area contributed by atoms with Crippen molar-refractivity contribution in [3.05, 3.63) is 288 Å². The molecule has 4 aliphatic carbocycles. The van der Waals surface area contributed by atoms with Gasteiger partial charge in [-0.25, -0.2) is 0 Å². The summed E-state index contributed by atoms with van der Waals surface area (Å²) < 4.78 is 0. The zero-order valence-corrected chi connectivity index (χ0v) is 35.3. The summed E-state index contributed by atoms with van der Waals surface area (Å²) in [6.45, 7) is 13.7. The maximum Gasteiger partial charge on any atom is 0.0647 e. The molecule has 4 aliphatic rings. The standard InChI is InChI=1S/C60H53N/c1-5-45(47-23-10-6-9-22-46-24-15-16-25-48(46)38-37-47)26-21-41-61(52-39-40-55-54-32-18-19-33-56(54)59(3,4)58(55)42-52)44(2)35-36-49-43-60(50-27-11-7-12-28-50,51-29-13-8-14-30-51)57-34-20-17-31-53(49)57/h5-21,23-25,27-43,45-46H,1-2,22,26H2,3-4H3/b9-6+,23-10?,36-35-,41-21+,47-37?,48-38+. The van der Waals surface area contributed by atoms with Crippen LogP contribution in [0.2, 0.25) is 0 Å². The van der Waals surface area contributed by atoms with E-state index in [0.717, 1.165) is 24.2 Å². The second kappa shape index (κ2) is 17.0. The number of benzene rings is 5. The van der Waals surface area contributed by atoms with E-state index in [1.807, 2.05) is 0 Å². The number of fused-ring (bicyclic) bond motifs is 5. The molecule has 0 fully saturated rings. The van der Waals surface area contributed by atoms with Crippen molar-refractivity contribution in [3.8, 4) is 11.1 Å². The molecule has 5 aromatic carbocycles. The Labute approximate surface area is 363 Å². The highest BCUT2D eigenvalue weighted by Crippen LogP contribution is 2.51. The van der Waals surface area contributed by atoms with Crippen LogP contribution in [0.15, 0.2) is 255 Å². The van der Waals surface area contributed by atoms with E-state index < -0.39 is 5.41 Å². The van der Waals surface area contributed by atoms with E-state index in [0.29, 0.717) is 5.92 Å². The molecule has 0 saturated carbocycles. The molecule has 1 heteroatoms. The Bertz CT molecular complexity index is 2710. The Morgan fingerprint density at radius 3 is 2.15 bits per heavy atom. The van der Waals surface area contributed by atoms with E-state index >= 15 is 0 Å². The smallest absolute Gasteiger partial charge is 0.0647 e. The number of rotatable bonds is 11. The van der Waals surface area contributed by atoms with E-state index in [1.54, 1.807) is 0 Å². The van der Waals surface area contributed by atoms with Crippen LogP contribution in [-0.4, -0.2) is 0 Å². The molecule has 2 unspecified atom stereocenters. The molecule has 0 aliphatic heterocycles. The average molecular weight is 788 g/mol. The molecule has 61 heavy (non-hydrogen) atoms. The van der Waals surface area contributed by atoms with Gasteiger partial charge in [0.2, 0.25) is 0 Å². The monoisotopic (exact) mass is 787 g/mol. The van der Waals surface area contributed by atoms with Crippen LogP contribution in [0.5, 0.6) is 0 Å². The molecule has 0 aromatic heterocycles. The van der Waals surface area contributed by atoms with Gasteiger partial charge in [0.05, 0.1) is 5.41 Å². The SMILES string of the molecule is C=CC(C/C=C/N(C(=C)/C=C\C1=CC(c2ccccc2)(c2ccccc2)c2ccccc21)c1ccc2c(c1)C(C)(C)c1ccccc1-2)C1=C/C=C2\C=CC=CC2C/C=C/C=C1. The number of hydrogen-bond donors (Lipinski definition) is 0. The van der Waals surface area contributed by atoms with Crippen molar-refractivity contribution >= 4 is 11.3 Å². The van der Waals surface area contributed by atoms with Crippen LogP contribution in [0.25, 0.3) is 16.7 Å². The summed E-state index contributed by atoms with van der Waals surface area (Å²) in [6.07, 6.45) is 37.5. The molecule has 2 atom stereocenters. The van der Waals surface area contributed by atoms with Crippen LogP contribution in [0.1, 0.15) is 60.1 Å². The number of nitrogens with zero attached hydrogens (tertiary/aromatic N) is 1. The Morgan fingerprint density at radius 2 is 1.39 bits per heavy atom. The van der Waals surface area contributed by atoms with Crippen LogP contribution >= 0.6 is 0 Å². The Kier molecular flexibility index (Phi) is 11.0. The zero-order valence-electron chi connectivity index (χ0n) is 35.3. The molecule has 9 rings (SSSR count). The first-order valence-corrected chi connectivity index (χ1v) is 21.6. The van der Waals surface area contributed by atoms with Gasteiger partial charge in [0.25, 0.3) is 0 Å². The van der Waals surface area contributed by atoms with Gasteiger partial charge < -0.3 is 4.90 Å². The van der Waals surface area contributed by atoms with Gasteiger partial charge in [-0.3, -0.25) is 0 Å². The Balaban J connectivity index is 1.09. The third-order valence-corrected chi connectivity index (χ3v) is 13.0. The van der Waals surface area contributed by atoms with E-state index in [4.69, 9.17) is 6.58 Å². The molecular weight excluding hydrogens is 735 g/mol. The maximum absolute atomic E-state index is 4.75. The van der Waals surface area contributed by atoms with Crippen LogP contribution in [0.4, 0.5) is 5.69 Å². The fourth-order valence-electron chi connectivity index (χ4n) is 9.75. The summed E-state index contributed by atoms with van der Waals surface area (Å²) in [5, 5.41) is 0. The Hall–Kier alpha value is -6.96. The number of allylic oxidation sites excluding steroid dienone is 18. The van der Waals surface area contributed by atoms with Crippen molar-refractivity contribution in [1.82, 2.24) is 0 Å². The second-order valence-corrected chi connectivity index (χ2v) is 16.9. The number of hydrogen-bond acceptors (Lipinski definition) is 1. The minimum absolute atomic E-state index is 0.126. The molecule has 0 spiro atoms. The van der Waals surface area contributed by atoms with Gasteiger partial charge in [0, 0.05) is 34.8 Å². The molecule has 298 valence electrons. The summed E-state index contributed by atoms with van der Waals surface area (Å²) in [6, 6.07) is 46.4. The summed E-state index contributed by atoms with van der Waals surface area (Å²) in [4.78, 5) is 2.26. The molecule has 0 heterocycles. The van der Waals surface area contributed by atoms with Crippen molar-refractivity contribution in [3.63, 3.8) is 0 Å². The molecule has 1 nitrogen and oxygen atoms in total. The third-order valence-electron chi connectivity index (χ3n) is 13.0. The summed E-state index contributed by atoms with van der Waals surface area (Å²) in [5.41, 5.74) is 15.5. The highest BCUT2D eigenvalue weighted by atomic mass is 15.1. The van der Waals surface area contributed by atoms with E-state index in [2.05, 4.69) is 250 Å². The van der Waals surface area contributed by atoms with Gasteiger partial charge in [0.1, 0.15) is 0 Å². The molecule has 0 radical (unpaired) electrons. The predicted octanol–water partition coefficient (Wildman–Crippen LogP) is 15.1. The normalized spacial score (nSPS) is 19.8. The first kappa shape index (κ1) is 39.5. The van der Waals surface area contributed by atoms with Crippen LogP contribution in [-0.2, 0) is 10.8 Å². The van der Waals surface area contributed by atoms with E-state index in [9.17, 15) is 0 Å². The largest absolute Gasteiger partial charge is 0.318 e. The zero-order chi connectivity index (χ0) is 41.8. The third kappa shape index (κ3) is 7.47. The van der Waals surface area contributed by atoms with Crippen molar-refractivity contribution in [2.75, 3.05) is 4.90 Å². The van der Waals surface area contributed by atoms with E-state index in [-0.39, 0.29) is 11.3 Å². The van der Waals surface area contributed by atoms with Crippen molar-refractivity contribution in [2.24, 2.45) is 11.8 Å². The van der Waals surface area contributed by atoms with Gasteiger partial charge in [-0.15, -0.1) is 6.58 Å². The molecule has 0 amide bonds. The van der Waals surface area contributed by atoms with Gasteiger partial charge in [-0.2, -0.15) is 0 Å². The summed E-state index contributed by atoms with van der Waals surface area (Å²) in [5.74, 6) is 0.522. The molecule has 5 aromatic rings. The number of anilines is 1. The lowest BCUT2D eigenvalue weighted by Crippen LogP contribution is -2.25. The van der Waals surface area contributed by atoms with Gasteiger partial charge in [-0.05, 0) is 92.3 Å². The predicted molar refractivity (Wildman–Crippen MR) is 260 cm³/mol. The highest BCUT2D eigenvalue weighted by molar-refractivity contribution is 5.87. The molecule has 0 N–H and O–H groups in total. The minimum Gasteiger partial charge on any atom is -0.318 e. The lowest BCUT2D eigenvalue weighted by Gasteiger charge is -2.30. The Morgan fingerprint density at radius 1 is 0.721 bits per heavy atom. The lowest BCUT2D eigenvalue weighted by molar-refractivity contribution is 0.660. The topological polar surface area (TPSA) is 3.24 Å².